The Hall–Kier alpha value is -1.13. The molecule has 0 fully saturated rings. The zero-order chi connectivity index (χ0) is 17.3. The Morgan fingerprint density at radius 3 is 2.39 bits per heavy atom. The lowest BCUT2D eigenvalue weighted by atomic mass is 10.1. The Balaban J connectivity index is 2.21. The van der Waals surface area contributed by atoms with E-state index in [1.54, 1.807) is 31.2 Å². The van der Waals surface area contributed by atoms with Crippen LogP contribution in [0, 0.1) is 0 Å². The third kappa shape index (κ3) is 5.18. The molecule has 10 heteroatoms. The van der Waals surface area contributed by atoms with Crippen LogP contribution in [0.4, 0.5) is 5.69 Å². The minimum Gasteiger partial charge on any atom is -0.284 e. The molecule has 126 valence electrons. The summed E-state index contributed by atoms with van der Waals surface area (Å²) in [6.45, 7) is 1.67. The van der Waals surface area contributed by atoms with Crippen molar-refractivity contribution in [2.24, 2.45) is 0 Å². The summed E-state index contributed by atoms with van der Waals surface area (Å²) in [5, 5.41) is 0. The van der Waals surface area contributed by atoms with Gasteiger partial charge in [0.15, 0.2) is 0 Å². The second-order valence-corrected chi connectivity index (χ2v) is 10.3. The van der Waals surface area contributed by atoms with E-state index in [9.17, 15) is 16.8 Å². The molecule has 2 aromatic rings. The van der Waals surface area contributed by atoms with Crippen molar-refractivity contribution in [2.45, 2.75) is 17.2 Å². The maximum Gasteiger partial charge on any atom is 0.250 e. The maximum atomic E-state index is 12.3. The Kier molecular flexibility index (Phi) is 5.37. The summed E-state index contributed by atoms with van der Waals surface area (Å²) in [4.78, 5) is 0. The maximum absolute atomic E-state index is 12.3. The van der Waals surface area contributed by atoms with E-state index in [-0.39, 0.29) is 4.21 Å². The number of nitrogens with one attached hydrogen (secondary N) is 2. The lowest BCUT2D eigenvalue weighted by Crippen LogP contribution is -2.26. The second kappa shape index (κ2) is 6.78. The van der Waals surface area contributed by atoms with Crippen molar-refractivity contribution in [3.63, 3.8) is 0 Å². The largest absolute Gasteiger partial charge is 0.284 e. The molecule has 0 aliphatic rings. The van der Waals surface area contributed by atoms with E-state index in [0.717, 1.165) is 17.6 Å². The molecule has 0 spiro atoms. The highest BCUT2D eigenvalue weighted by Gasteiger charge is 2.20. The van der Waals surface area contributed by atoms with Gasteiger partial charge >= 0.3 is 0 Å². The van der Waals surface area contributed by atoms with Crippen LogP contribution in [0.3, 0.4) is 0 Å². The van der Waals surface area contributed by atoms with Gasteiger partial charge in [-0.05, 0) is 36.8 Å². The summed E-state index contributed by atoms with van der Waals surface area (Å²) < 4.78 is 52.5. The quantitative estimate of drug-likeness (QED) is 0.787. The van der Waals surface area contributed by atoms with Gasteiger partial charge in [0.2, 0.25) is 10.0 Å². The summed E-state index contributed by atoms with van der Waals surface area (Å²) in [5.41, 5.74) is 1.00. The van der Waals surface area contributed by atoms with Crippen molar-refractivity contribution in [1.82, 2.24) is 4.72 Å². The zero-order valence-corrected chi connectivity index (χ0v) is 15.5. The summed E-state index contributed by atoms with van der Waals surface area (Å²) in [5.74, 6) is 0. The lowest BCUT2D eigenvalue weighted by Gasteiger charge is -2.15. The molecule has 2 N–H and O–H groups in total. The van der Waals surface area contributed by atoms with E-state index in [0.29, 0.717) is 15.6 Å². The monoisotopic (exact) mass is 394 g/mol. The highest BCUT2D eigenvalue weighted by atomic mass is 35.5. The average Bonchev–Trinajstić information content (AvgIpc) is 2.84. The van der Waals surface area contributed by atoms with Crippen molar-refractivity contribution in [1.29, 1.82) is 0 Å². The highest BCUT2D eigenvalue weighted by Crippen LogP contribution is 2.27. The van der Waals surface area contributed by atoms with Crippen LogP contribution < -0.4 is 9.44 Å². The smallest absolute Gasteiger partial charge is 0.250 e. The van der Waals surface area contributed by atoms with Gasteiger partial charge < -0.3 is 0 Å². The fraction of sp³-hybridized carbons (Fsp3) is 0.231. The van der Waals surface area contributed by atoms with Gasteiger partial charge in [0.1, 0.15) is 4.21 Å². The number of benzene rings is 1. The molecular weight excluding hydrogens is 380 g/mol. The molecule has 1 heterocycles. The van der Waals surface area contributed by atoms with E-state index in [1.807, 2.05) is 0 Å². The van der Waals surface area contributed by atoms with Gasteiger partial charge in [-0.15, -0.1) is 11.3 Å². The fourth-order valence-corrected chi connectivity index (χ4v) is 5.17. The topological polar surface area (TPSA) is 92.3 Å². The van der Waals surface area contributed by atoms with Gasteiger partial charge in [0, 0.05) is 11.7 Å². The second-order valence-electron chi connectivity index (χ2n) is 4.90. The third-order valence-electron chi connectivity index (χ3n) is 2.84. The number of halogens is 1. The average molecular weight is 395 g/mol. The molecule has 23 heavy (non-hydrogen) atoms. The number of hydrogen-bond acceptors (Lipinski definition) is 5. The molecule has 2 rings (SSSR count). The van der Waals surface area contributed by atoms with Crippen LogP contribution in [0.2, 0.25) is 4.34 Å². The fourth-order valence-electron chi connectivity index (χ4n) is 1.89. The predicted molar refractivity (Wildman–Crippen MR) is 93.0 cm³/mol. The van der Waals surface area contributed by atoms with Crippen LogP contribution in [-0.2, 0) is 20.0 Å². The molecule has 0 radical (unpaired) electrons. The van der Waals surface area contributed by atoms with Crippen LogP contribution in [0.5, 0.6) is 0 Å². The van der Waals surface area contributed by atoms with Gasteiger partial charge in [-0.3, -0.25) is 4.72 Å². The van der Waals surface area contributed by atoms with Gasteiger partial charge in [-0.25, -0.2) is 21.6 Å². The standard InChI is InChI=1S/C13H15ClN2O4S3/c1-9(15-23(19,20)13-7-6-12(14)21-13)10-4-3-5-11(8-10)16-22(2,17)18/h3-9,15-16H,1-2H3/t9-/m0/s1. The van der Waals surface area contributed by atoms with Crippen molar-refractivity contribution in [3.8, 4) is 0 Å². The molecule has 6 nitrogen and oxygen atoms in total. The van der Waals surface area contributed by atoms with Gasteiger partial charge in [0.25, 0.3) is 10.0 Å². The van der Waals surface area contributed by atoms with Crippen LogP contribution in [0.1, 0.15) is 18.5 Å². The lowest BCUT2D eigenvalue weighted by molar-refractivity contribution is 0.569. The predicted octanol–water partition coefficient (Wildman–Crippen LogP) is 2.81. The molecular formula is C13H15ClN2O4S3. The molecule has 1 aromatic carbocycles. The summed E-state index contributed by atoms with van der Waals surface area (Å²) >= 11 is 6.73. The van der Waals surface area contributed by atoms with Gasteiger partial charge in [0.05, 0.1) is 10.6 Å². The first-order chi connectivity index (χ1) is 10.6. The number of anilines is 1. The minimum absolute atomic E-state index is 0.125. The molecule has 1 aromatic heterocycles. The number of sulfonamides is 2. The molecule has 0 aliphatic heterocycles. The summed E-state index contributed by atoms with van der Waals surface area (Å²) in [6.07, 6.45) is 1.05. The molecule has 0 bridgehead atoms. The molecule has 0 amide bonds. The normalized spacial score (nSPS) is 13.7. The third-order valence-corrected chi connectivity index (χ3v) is 6.71. The Bertz CT molecular complexity index is 907. The van der Waals surface area contributed by atoms with Gasteiger partial charge in [-0.2, -0.15) is 0 Å². The molecule has 0 saturated heterocycles. The molecule has 0 aliphatic carbocycles. The number of hydrogen-bond donors (Lipinski definition) is 2. The van der Waals surface area contributed by atoms with E-state index in [1.165, 1.54) is 12.1 Å². The van der Waals surface area contributed by atoms with Crippen molar-refractivity contribution >= 4 is 48.7 Å². The SMILES string of the molecule is C[C@H](NS(=O)(=O)c1ccc(Cl)s1)c1cccc(NS(C)(=O)=O)c1. The van der Waals surface area contributed by atoms with Crippen molar-refractivity contribution in [3.05, 3.63) is 46.3 Å². The van der Waals surface area contributed by atoms with E-state index >= 15 is 0 Å². The van der Waals surface area contributed by atoms with E-state index in [2.05, 4.69) is 9.44 Å². The van der Waals surface area contributed by atoms with Crippen molar-refractivity contribution in [2.75, 3.05) is 11.0 Å². The van der Waals surface area contributed by atoms with Crippen LogP contribution in [0.15, 0.2) is 40.6 Å². The summed E-state index contributed by atoms with van der Waals surface area (Å²) in [7, 11) is -7.09. The first kappa shape index (κ1) is 18.2. The van der Waals surface area contributed by atoms with E-state index < -0.39 is 26.1 Å². The highest BCUT2D eigenvalue weighted by molar-refractivity contribution is 7.92. The first-order valence-electron chi connectivity index (χ1n) is 6.42. The summed E-state index contributed by atoms with van der Waals surface area (Å²) in [6, 6.07) is 8.94. The van der Waals surface area contributed by atoms with Crippen LogP contribution in [-0.4, -0.2) is 23.1 Å². The molecule has 1 atom stereocenters. The number of rotatable bonds is 6. The van der Waals surface area contributed by atoms with Crippen LogP contribution >= 0.6 is 22.9 Å². The van der Waals surface area contributed by atoms with Crippen LogP contribution in [0.25, 0.3) is 0 Å². The Labute approximate surface area is 144 Å². The zero-order valence-electron chi connectivity index (χ0n) is 12.3. The molecule has 0 unspecified atom stereocenters. The Morgan fingerprint density at radius 1 is 1.13 bits per heavy atom. The van der Waals surface area contributed by atoms with Gasteiger partial charge in [-0.1, -0.05) is 23.7 Å². The molecule has 0 saturated carbocycles. The van der Waals surface area contributed by atoms with Crippen molar-refractivity contribution < 1.29 is 16.8 Å². The minimum atomic E-state index is -3.69. The number of thiophene rings is 1. The van der Waals surface area contributed by atoms with E-state index in [4.69, 9.17) is 11.6 Å². The first-order valence-corrected chi connectivity index (χ1v) is 11.0. The Morgan fingerprint density at radius 2 is 1.83 bits per heavy atom.